The summed E-state index contributed by atoms with van der Waals surface area (Å²) < 4.78 is 4.96. The van der Waals surface area contributed by atoms with Crippen LogP contribution in [0.3, 0.4) is 0 Å². The first-order chi connectivity index (χ1) is 14.5. The Morgan fingerprint density at radius 2 is 1.97 bits per heavy atom. The van der Waals surface area contributed by atoms with Gasteiger partial charge in [0.2, 0.25) is 0 Å². The zero-order chi connectivity index (χ0) is 21.7. The van der Waals surface area contributed by atoms with Crippen LogP contribution in [-0.2, 0) is 4.74 Å². The van der Waals surface area contributed by atoms with E-state index in [4.69, 9.17) is 10.1 Å². The fraction of sp³-hybridized carbons (Fsp3) is 0.318. The highest BCUT2D eigenvalue weighted by Gasteiger charge is 2.24. The molecule has 0 aliphatic carbocycles. The number of aromatic hydroxyl groups is 1. The van der Waals surface area contributed by atoms with Crippen LogP contribution in [0.25, 0.3) is 6.08 Å². The van der Waals surface area contributed by atoms with Gasteiger partial charge in [-0.05, 0) is 32.1 Å². The highest BCUT2D eigenvalue weighted by atomic mass is 16.5. The number of hydrogen-bond donors (Lipinski definition) is 3. The monoisotopic (exact) mass is 407 g/mol. The van der Waals surface area contributed by atoms with E-state index in [0.717, 1.165) is 18.8 Å². The molecule has 0 amide bonds. The van der Waals surface area contributed by atoms with Crippen molar-refractivity contribution in [2.24, 2.45) is 0 Å². The summed E-state index contributed by atoms with van der Waals surface area (Å²) in [5.41, 5.74) is 1.94. The lowest BCUT2D eigenvalue weighted by atomic mass is 10.1. The fourth-order valence-corrected chi connectivity index (χ4v) is 3.49. The van der Waals surface area contributed by atoms with Gasteiger partial charge in [-0.25, -0.2) is 4.79 Å². The average molecular weight is 407 g/mol. The number of ether oxygens (including phenoxy) is 1. The summed E-state index contributed by atoms with van der Waals surface area (Å²) in [4.78, 5) is 19.0. The highest BCUT2D eigenvalue weighted by molar-refractivity contribution is 6.04. The third kappa shape index (κ3) is 4.30. The number of aromatic amines is 1. The number of amidine groups is 1. The molecule has 3 rings (SSSR count). The molecule has 2 heterocycles. The number of esters is 1. The van der Waals surface area contributed by atoms with E-state index in [0.29, 0.717) is 18.8 Å². The topological polar surface area (TPSA) is 116 Å². The Hall–Kier alpha value is -3.73. The molecule has 1 aliphatic heterocycles. The van der Waals surface area contributed by atoms with Gasteiger partial charge < -0.3 is 24.6 Å². The molecule has 30 heavy (non-hydrogen) atoms. The SMILES string of the molecule is CCOC(=O)c1c(C)[nH]c(/C=C(\C#N)C(=N)N2CCN(c3ccccc3)CC2)c1O. The van der Waals surface area contributed by atoms with Gasteiger partial charge in [-0.3, -0.25) is 5.41 Å². The van der Waals surface area contributed by atoms with Crippen LogP contribution in [0.15, 0.2) is 35.9 Å². The molecule has 3 N–H and O–H groups in total. The minimum atomic E-state index is -0.631. The smallest absolute Gasteiger partial charge is 0.343 e. The van der Waals surface area contributed by atoms with Crippen molar-refractivity contribution in [1.82, 2.24) is 9.88 Å². The van der Waals surface area contributed by atoms with E-state index in [9.17, 15) is 15.2 Å². The van der Waals surface area contributed by atoms with Crippen LogP contribution in [0.5, 0.6) is 5.75 Å². The molecule has 156 valence electrons. The third-order valence-corrected chi connectivity index (χ3v) is 5.05. The Labute approximate surface area is 175 Å². The summed E-state index contributed by atoms with van der Waals surface area (Å²) in [6.07, 6.45) is 1.40. The Morgan fingerprint density at radius 1 is 1.30 bits per heavy atom. The van der Waals surface area contributed by atoms with Gasteiger partial charge in [-0.15, -0.1) is 0 Å². The summed E-state index contributed by atoms with van der Waals surface area (Å²) >= 11 is 0. The second-order valence-corrected chi connectivity index (χ2v) is 6.94. The lowest BCUT2D eigenvalue weighted by Gasteiger charge is -2.37. The molecular weight excluding hydrogens is 382 g/mol. The Morgan fingerprint density at radius 3 is 2.57 bits per heavy atom. The van der Waals surface area contributed by atoms with E-state index in [1.807, 2.05) is 29.2 Å². The van der Waals surface area contributed by atoms with E-state index < -0.39 is 5.97 Å². The van der Waals surface area contributed by atoms with Crippen molar-refractivity contribution < 1.29 is 14.6 Å². The van der Waals surface area contributed by atoms with E-state index >= 15 is 0 Å². The molecule has 0 saturated carbocycles. The second kappa shape index (κ2) is 9.18. The van der Waals surface area contributed by atoms with Gasteiger partial charge in [0.15, 0.2) is 5.75 Å². The molecule has 8 heteroatoms. The van der Waals surface area contributed by atoms with Crippen molar-refractivity contribution in [3.63, 3.8) is 0 Å². The van der Waals surface area contributed by atoms with Gasteiger partial charge >= 0.3 is 5.97 Å². The zero-order valence-electron chi connectivity index (χ0n) is 17.1. The fourth-order valence-electron chi connectivity index (χ4n) is 3.49. The van der Waals surface area contributed by atoms with Gasteiger partial charge in [0.25, 0.3) is 0 Å². The van der Waals surface area contributed by atoms with E-state index in [2.05, 4.69) is 22.0 Å². The molecule has 1 saturated heterocycles. The molecular formula is C22H25N5O3. The molecule has 1 aromatic carbocycles. The molecule has 0 spiro atoms. The summed E-state index contributed by atoms with van der Waals surface area (Å²) in [7, 11) is 0. The number of carbonyl (C=O) groups is 1. The molecule has 1 fully saturated rings. The lowest BCUT2D eigenvalue weighted by Crippen LogP contribution is -2.48. The Kier molecular flexibility index (Phi) is 6.42. The number of aryl methyl sites for hydroxylation is 1. The zero-order valence-corrected chi connectivity index (χ0v) is 17.1. The van der Waals surface area contributed by atoms with Gasteiger partial charge in [0, 0.05) is 37.6 Å². The van der Waals surface area contributed by atoms with Gasteiger partial charge in [0.05, 0.1) is 17.9 Å². The predicted molar refractivity (Wildman–Crippen MR) is 115 cm³/mol. The number of carbonyl (C=O) groups excluding carboxylic acids is 1. The first-order valence-electron chi connectivity index (χ1n) is 9.80. The largest absolute Gasteiger partial charge is 0.505 e. The number of benzene rings is 1. The minimum absolute atomic E-state index is 0.0448. The van der Waals surface area contributed by atoms with Crippen LogP contribution in [0.4, 0.5) is 5.69 Å². The second-order valence-electron chi connectivity index (χ2n) is 6.94. The molecule has 0 radical (unpaired) electrons. The third-order valence-electron chi connectivity index (χ3n) is 5.05. The molecule has 2 aromatic rings. The predicted octanol–water partition coefficient (Wildman–Crippen LogP) is 2.91. The summed E-state index contributed by atoms with van der Waals surface area (Å²) in [6.45, 7) is 6.22. The number of para-hydroxylation sites is 1. The van der Waals surface area contributed by atoms with E-state index in [1.165, 1.54) is 6.08 Å². The van der Waals surface area contributed by atoms with Gasteiger partial charge in [-0.1, -0.05) is 18.2 Å². The Bertz CT molecular complexity index is 996. The quantitative estimate of drug-likeness (QED) is 0.304. The normalized spacial score (nSPS) is 14.4. The molecule has 1 aromatic heterocycles. The summed E-state index contributed by atoms with van der Waals surface area (Å²) in [5.74, 6) is -0.816. The Balaban J connectivity index is 1.74. The number of nitriles is 1. The first-order valence-corrected chi connectivity index (χ1v) is 9.80. The van der Waals surface area contributed by atoms with Crippen LogP contribution < -0.4 is 4.90 Å². The summed E-state index contributed by atoms with van der Waals surface area (Å²) in [5, 5.41) is 28.5. The maximum absolute atomic E-state index is 12.0. The molecule has 1 aliphatic rings. The number of nitrogens with one attached hydrogen (secondary N) is 2. The van der Waals surface area contributed by atoms with Crippen LogP contribution in [0.1, 0.15) is 28.7 Å². The lowest BCUT2D eigenvalue weighted by molar-refractivity contribution is 0.0522. The number of hydrogen-bond acceptors (Lipinski definition) is 6. The van der Waals surface area contributed by atoms with Crippen molar-refractivity contribution in [3.05, 3.63) is 52.9 Å². The van der Waals surface area contributed by atoms with Gasteiger partial charge in [0.1, 0.15) is 17.5 Å². The molecule has 0 atom stereocenters. The van der Waals surface area contributed by atoms with Crippen molar-refractivity contribution in [2.45, 2.75) is 13.8 Å². The van der Waals surface area contributed by atoms with Crippen molar-refractivity contribution in [2.75, 3.05) is 37.7 Å². The number of aromatic nitrogens is 1. The average Bonchev–Trinajstić information content (AvgIpc) is 3.05. The first kappa shape index (κ1) is 21.0. The van der Waals surface area contributed by atoms with Crippen molar-refractivity contribution >= 4 is 23.6 Å². The highest BCUT2D eigenvalue weighted by Crippen LogP contribution is 2.29. The molecule has 0 unspecified atom stereocenters. The number of piperazine rings is 1. The number of rotatable bonds is 5. The number of H-pyrrole nitrogens is 1. The van der Waals surface area contributed by atoms with Crippen LogP contribution in [-0.4, -0.2) is 59.6 Å². The maximum atomic E-state index is 12.0. The van der Waals surface area contributed by atoms with Gasteiger partial charge in [-0.2, -0.15) is 5.26 Å². The standard InChI is InChI=1S/C22H25N5O3/c1-3-30-22(29)19-15(2)25-18(20(19)28)13-16(14-23)21(24)27-11-9-26(10-12-27)17-7-5-4-6-8-17/h4-8,13,24-25,28H,3,9-12H2,1-2H3/b16-13+,24-21?. The van der Waals surface area contributed by atoms with Crippen LogP contribution in [0.2, 0.25) is 0 Å². The van der Waals surface area contributed by atoms with E-state index in [1.54, 1.807) is 13.8 Å². The molecule has 8 nitrogen and oxygen atoms in total. The van der Waals surface area contributed by atoms with Crippen LogP contribution >= 0.6 is 0 Å². The van der Waals surface area contributed by atoms with Crippen molar-refractivity contribution in [3.8, 4) is 11.8 Å². The minimum Gasteiger partial charge on any atom is -0.505 e. The number of nitrogens with zero attached hydrogens (tertiary/aromatic N) is 3. The maximum Gasteiger partial charge on any atom is 0.343 e. The molecule has 0 bridgehead atoms. The number of anilines is 1. The van der Waals surface area contributed by atoms with Crippen LogP contribution in [0, 0.1) is 23.7 Å². The summed E-state index contributed by atoms with van der Waals surface area (Å²) in [6, 6.07) is 12.1. The van der Waals surface area contributed by atoms with Crippen molar-refractivity contribution in [1.29, 1.82) is 10.7 Å². The van der Waals surface area contributed by atoms with E-state index in [-0.39, 0.29) is 35.0 Å².